The van der Waals surface area contributed by atoms with Gasteiger partial charge < -0.3 is 19.9 Å². The van der Waals surface area contributed by atoms with E-state index in [9.17, 15) is 4.79 Å². The van der Waals surface area contributed by atoms with Gasteiger partial charge >= 0.3 is 0 Å². The van der Waals surface area contributed by atoms with Crippen LogP contribution in [0.25, 0.3) is 10.9 Å². The Morgan fingerprint density at radius 3 is 3.00 bits per heavy atom. The fourth-order valence-corrected chi connectivity index (χ4v) is 5.54. The van der Waals surface area contributed by atoms with Gasteiger partial charge in [-0.2, -0.15) is 0 Å². The number of aromatic nitrogens is 1. The number of anilines is 2. The average Bonchev–Trinajstić information content (AvgIpc) is 3.11. The molecule has 4 heterocycles. The minimum Gasteiger partial charge on any atom is -0.491 e. The number of carbonyl (C=O) groups excluding carboxylic acids is 1. The molecular formula is C25H26N4O2. The van der Waals surface area contributed by atoms with Gasteiger partial charge in [0.15, 0.2) is 0 Å². The number of ether oxygens (including phenoxy) is 1. The normalized spacial score (nSPS) is 22.2. The van der Waals surface area contributed by atoms with Gasteiger partial charge in [0.2, 0.25) is 5.91 Å². The van der Waals surface area contributed by atoms with Crippen LogP contribution in [0.1, 0.15) is 24.3 Å². The summed E-state index contributed by atoms with van der Waals surface area (Å²) >= 11 is 0. The third-order valence-corrected chi connectivity index (χ3v) is 6.87. The Morgan fingerprint density at radius 1 is 1.13 bits per heavy atom. The summed E-state index contributed by atoms with van der Waals surface area (Å²) in [4.78, 5) is 21.5. The predicted octanol–water partition coefficient (Wildman–Crippen LogP) is 3.63. The fourth-order valence-electron chi connectivity index (χ4n) is 5.54. The highest BCUT2D eigenvalue weighted by molar-refractivity contribution is 6.03. The zero-order valence-corrected chi connectivity index (χ0v) is 17.5. The molecule has 1 fully saturated rings. The Morgan fingerprint density at radius 2 is 2.03 bits per heavy atom. The Balaban J connectivity index is 1.09. The maximum atomic E-state index is 12.1. The number of rotatable bonds is 5. The molecule has 3 aliphatic heterocycles. The van der Waals surface area contributed by atoms with Crippen molar-refractivity contribution < 1.29 is 9.53 Å². The van der Waals surface area contributed by atoms with E-state index in [1.54, 1.807) is 0 Å². The predicted molar refractivity (Wildman–Crippen MR) is 122 cm³/mol. The van der Waals surface area contributed by atoms with E-state index < -0.39 is 0 Å². The lowest BCUT2D eigenvalue weighted by Gasteiger charge is -2.39. The van der Waals surface area contributed by atoms with Crippen molar-refractivity contribution in [3.8, 4) is 5.75 Å². The zero-order chi connectivity index (χ0) is 20.8. The van der Waals surface area contributed by atoms with Crippen LogP contribution in [0.2, 0.25) is 0 Å². The molecule has 1 aromatic heterocycles. The number of fused-ring (bicyclic) bond motifs is 4. The summed E-state index contributed by atoms with van der Waals surface area (Å²) in [5.41, 5.74) is 4.56. The molecule has 1 saturated heterocycles. The molecule has 6 heteroatoms. The lowest BCUT2D eigenvalue weighted by atomic mass is 9.89. The zero-order valence-electron chi connectivity index (χ0n) is 17.5. The van der Waals surface area contributed by atoms with Gasteiger partial charge in [0.05, 0.1) is 24.5 Å². The molecule has 3 aromatic rings. The van der Waals surface area contributed by atoms with E-state index >= 15 is 0 Å². The molecule has 1 N–H and O–H groups in total. The van der Waals surface area contributed by atoms with Crippen molar-refractivity contribution in [3.05, 3.63) is 60.3 Å². The van der Waals surface area contributed by atoms with Crippen LogP contribution < -0.4 is 15.0 Å². The molecule has 0 radical (unpaired) electrons. The lowest BCUT2D eigenvalue weighted by Crippen LogP contribution is -2.49. The highest BCUT2D eigenvalue weighted by Crippen LogP contribution is 2.49. The second-order valence-corrected chi connectivity index (χ2v) is 8.72. The van der Waals surface area contributed by atoms with Gasteiger partial charge in [0.1, 0.15) is 11.3 Å². The molecule has 1 amide bonds. The van der Waals surface area contributed by atoms with Crippen LogP contribution in [-0.4, -0.2) is 54.6 Å². The molecule has 0 spiro atoms. The minimum atomic E-state index is 0.104. The molecule has 158 valence electrons. The monoisotopic (exact) mass is 414 g/mol. The topological polar surface area (TPSA) is 57.7 Å². The molecule has 2 atom stereocenters. The van der Waals surface area contributed by atoms with E-state index in [-0.39, 0.29) is 5.91 Å². The first kappa shape index (κ1) is 18.6. The summed E-state index contributed by atoms with van der Waals surface area (Å²) in [6, 6.07) is 16.9. The van der Waals surface area contributed by atoms with Gasteiger partial charge in [-0.05, 0) is 36.6 Å². The fraction of sp³-hybridized carbons (Fsp3) is 0.360. The van der Waals surface area contributed by atoms with Crippen molar-refractivity contribution in [1.82, 2.24) is 9.88 Å². The molecular weight excluding hydrogens is 388 g/mol. The summed E-state index contributed by atoms with van der Waals surface area (Å²) < 4.78 is 6.08. The number of hydrogen-bond donors (Lipinski definition) is 1. The first-order chi connectivity index (χ1) is 15.3. The van der Waals surface area contributed by atoms with Crippen molar-refractivity contribution in [1.29, 1.82) is 0 Å². The molecule has 6 nitrogen and oxygen atoms in total. The van der Waals surface area contributed by atoms with Gasteiger partial charge in [-0.15, -0.1) is 0 Å². The van der Waals surface area contributed by atoms with E-state index in [4.69, 9.17) is 4.74 Å². The Bertz CT molecular complexity index is 1140. The van der Waals surface area contributed by atoms with Crippen LogP contribution in [0.4, 0.5) is 11.4 Å². The first-order valence-corrected chi connectivity index (χ1v) is 11.2. The van der Waals surface area contributed by atoms with Crippen molar-refractivity contribution in [2.24, 2.45) is 0 Å². The van der Waals surface area contributed by atoms with Gasteiger partial charge in [-0.3, -0.25) is 9.78 Å². The SMILES string of the molecule is O=C1CN2c3c(cccc3[C@@H]3CN(CCCOc4cccc5cccnc45)CC[C@@H]32)N1. The number of amides is 1. The second kappa shape index (κ2) is 7.54. The highest BCUT2D eigenvalue weighted by Gasteiger charge is 2.44. The Hall–Kier alpha value is -3.12. The number of nitrogens with one attached hydrogen (secondary N) is 1. The minimum absolute atomic E-state index is 0.104. The lowest BCUT2D eigenvalue weighted by molar-refractivity contribution is -0.115. The molecule has 0 unspecified atom stereocenters. The van der Waals surface area contributed by atoms with E-state index in [0.717, 1.165) is 54.8 Å². The maximum Gasteiger partial charge on any atom is 0.243 e. The summed E-state index contributed by atoms with van der Waals surface area (Å²) in [5.74, 6) is 1.44. The molecule has 6 rings (SSSR count). The number of para-hydroxylation sites is 2. The van der Waals surface area contributed by atoms with Crippen molar-refractivity contribution in [3.63, 3.8) is 0 Å². The number of nitrogens with zero attached hydrogens (tertiary/aromatic N) is 3. The number of piperidine rings is 1. The van der Waals surface area contributed by atoms with Crippen molar-refractivity contribution >= 4 is 28.2 Å². The first-order valence-electron chi connectivity index (χ1n) is 11.2. The summed E-state index contributed by atoms with van der Waals surface area (Å²) in [5, 5.41) is 4.15. The van der Waals surface area contributed by atoms with E-state index in [1.807, 2.05) is 30.5 Å². The Labute approximate surface area is 181 Å². The number of likely N-dealkylation sites (tertiary alicyclic amines) is 1. The highest BCUT2D eigenvalue weighted by atomic mass is 16.5. The van der Waals surface area contributed by atoms with E-state index in [1.165, 1.54) is 11.3 Å². The largest absolute Gasteiger partial charge is 0.491 e. The van der Waals surface area contributed by atoms with Gasteiger partial charge in [-0.25, -0.2) is 0 Å². The standard InChI is InChI=1S/C25H26N4O2/c30-23-16-29-21-10-13-28(15-19(21)18-7-2-8-20(27-23)25(18)29)12-4-14-31-22-9-1-5-17-6-3-11-26-24(17)22/h1-3,5-9,11,19,21H,4,10,12-16H2,(H,27,30)/t19-,21-/m0/s1. The van der Waals surface area contributed by atoms with Gasteiger partial charge in [-0.1, -0.05) is 30.3 Å². The number of hydrogen-bond acceptors (Lipinski definition) is 5. The molecule has 31 heavy (non-hydrogen) atoms. The Kier molecular flexibility index (Phi) is 4.53. The third kappa shape index (κ3) is 3.22. The van der Waals surface area contributed by atoms with E-state index in [2.05, 4.69) is 44.4 Å². The molecule has 0 bridgehead atoms. The van der Waals surface area contributed by atoms with Crippen LogP contribution >= 0.6 is 0 Å². The van der Waals surface area contributed by atoms with Crippen LogP contribution in [0.5, 0.6) is 5.75 Å². The number of carbonyl (C=O) groups is 1. The molecule has 3 aliphatic rings. The summed E-state index contributed by atoms with van der Waals surface area (Å²) in [7, 11) is 0. The van der Waals surface area contributed by atoms with Crippen molar-refractivity contribution in [2.75, 3.05) is 43.0 Å². The van der Waals surface area contributed by atoms with Crippen LogP contribution in [0.3, 0.4) is 0 Å². The summed E-state index contributed by atoms with van der Waals surface area (Å²) in [6.45, 7) is 4.30. The third-order valence-electron chi connectivity index (χ3n) is 6.87. The number of benzene rings is 2. The van der Waals surface area contributed by atoms with Gasteiger partial charge in [0.25, 0.3) is 0 Å². The second-order valence-electron chi connectivity index (χ2n) is 8.72. The average molecular weight is 415 g/mol. The number of pyridine rings is 1. The maximum absolute atomic E-state index is 12.1. The van der Waals surface area contributed by atoms with Crippen molar-refractivity contribution in [2.45, 2.75) is 24.8 Å². The van der Waals surface area contributed by atoms with Crippen LogP contribution in [-0.2, 0) is 4.79 Å². The molecule has 0 saturated carbocycles. The van der Waals surface area contributed by atoms with Crippen LogP contribution in [0.15, 0.2) is 54.7 Å². The van der Waals surface area contributed by atoms with E-state index in [0.29, 0.717) is 25.1 Å². The molecule has 2 aromatic carbocycles. The van der Waals surface area contributed by atoms with Gasteiger partial charge in [0, 0.05) is 43.2 Å². The van der Waals surface area contributed by atoms with Crippen LogP contribution in [0, 0.1) is 0 Å². The smallest absolute Gasteiger partial charge is 0.243 e. The molecule has 0 aliphatic carbocycles. The summed E-state index contributed by atoms with van der Waals surface area (Å²) in [6.07, 6.45) is 3.89. The quantitative estimate of drug-likeness (QED) is 0.646.